The number of hydrogen-bond acceptors (Lipinski definition) is 6. The highest BCUT2D eigenvalue weighted by Crippen LogP contribution is 2.23. The van der Waals surface area contributed by atoms with E-state index in [0.29, 0.717) is 36.9 Å². The van der Waals surface area contributed by atoms with Gasteiger partial charge in [0.05, 0.1) is 5.56 Å². The Kier molecular flexibility index (Phi) is 18.7. The van der Waals surface area contributed by atoms with Crippen LogP contribution in [-0.2, 0) is 19.8 Å². The van der Waals surface area contributed by atoms with E-state index in [1.165, 1.54) is 22.3 Å². The Hall–Kier alpha value is -6.83. The summed E-state index contributed by atoms with van der Waals surface area (Å²) in [6, 6.07) is 51.8. The van der Waals surface area contributed by atoms with Crippen LogP contribution in [0, 0.1) is 41.5 Å². The van der Waals surface area contributed by atoms with Crippen molar-refractivity contribution >= 4 is 22.8 Å². The lowest BCUT2D eigenvalue weighted by Crippen LogP contribution is -2.00. The highest BCUT2D eigenvalue weighted by Gasteiger charge is 2.08. The fraction of sp³-hybridized carbons (Fsp3) is 0.170. The van der Waals surface area contributed by atoms with Crippen LogP contribution in [0.5, 0.6) is 23.0 Å². The smallest absolute Gasteiger partial charge is 0.335 e. The molecule has 0 spiro atoms. The second-order valence-corrected chi connectivity index (χ2v) is 14.8. The van der Waals surface area contributed by atoms with E-state index in [4.69, 9.17) is 36.0 Å². The van der Waals surface area contributed by atoms with Crippen LogP contribution in [0.2, 0.25) is 0 Å². The molecule has 0 fully saturated rings. The molecule has 0 saturated carbocycles. The molecule has 0 bridgehead atoms. The first kappa shape index (κ1) is 46.9. The van der Waals surface area contributed by atoms with Crippen LogP contribution < -0.4 is 14.2 Å². The average Bonchev–Trinajstić information content (AvgIpc) is 3.25. The SMILES string of the molecule is Cc1cc(C(=O)Cl)ccc1OCc1ccccc1.Cc1cc(C(=O)O)ccc1OCc1ccccc1.Cc1ccc(O)c(C)c1.Cc1ccc(OCc2ccccc2)c(C)c1. The third-order valence-corrected chi connectivity index (χ3v) is 9.44. The summed E-state index contributed by atoms with van der Waals surface area (Å²) in [6.45, 7) is 13.4. The maximum absolute atomic E-state index is 11.0. The van der Waals surface area contributed by atoms with Gasteiger partial charge in [0.1, 0.15) is 42.8 Å². The van der Waals surface area contributed by atoms with Crippen molar-refractivity contribution in [2.75, 3.05) is 0 Å². The highest BCUT2D eigenvalue weighted by atomic mass is 35.5. The molecule has 0 atom stereocenters. The van der Waals surface area contributed by atoms with Crippen molar-refractivity contribution in [2.45, 2.75) is 61.4 Å². The molecular weight excluding hydrogens is 784 g/mol. The van der Waals surface area contributed by atoms with Crippen LogP contribution in [0.15, 0.2) is 164 Å². The fourth-order valence-electron chi connectivity index (χ4n) is 5.85. The molecule has 7 nitrogen and oxygen atoms in total. The molecule has 7 aromatic carbocycles. The van der Waals surface area contributed by atoms with Gasteiger partial charge >= 0.3 is 5.97 Å². The lowest BCUT2D eigenvalue weighted by atomic mass is 10.1. The highest BCUT2D eigenvalue weighted by molar-refractivity contribution is 6.67. The largest absolute Gasteiger partial charge is 0.508 e. The second-order valence-electron chi connectivity index (χ2n) is 14.4. The minimum Gasteiger partial charge on any atom is -0.508 e. The quantitative estimate of drug-likeness (QED) is 0.125. The van der Waals surface area contributed by atoms with Gasteiger partial charge in [0.15, 0.2) is 0 Å². The molecule has 0 aliphatic heterocycles. The van der Waals surface area contributed by atoms with Gasteiger partial charge in [-0.3, -0.25) is 4.79 Å². The summed E-state index contributed by atoms with van der Waals surface area (Å²) in [5, 5.41) is 17.5. The molecule has 7 aromatic rings. The number of phenols is 1. The number of halogens is 1. The van der Waals surface area contributed by atoms with E-state index < -0.39 is 11.2 Å². The number of benzene rings is 7. The molecule has 0 aliphatic carbocycles. The van der Waals surface area contributed by atoms with Gasteiger partial charge in [0, 0.05) is 5.56 Å². The van der Waals surface area contributed by atoms with E-state index in [-0.39, 0.29) is 5.56 Å². The number of hydrogen-bond donors (Lipinski definition) is 2. The van der Waals surface area contributed by atoms with Gasteiger partial charge in [-0.1, -0.05) is 126 Å². The lowest BCUT2D eigenvalue weighted by molar-refractivity contribution is 0.0696. The topological polar surface area (TPSA) is 102 Å². The maximum atomic E-state index is 11.0. The van der Waals surface area contributed by atoms with Crippen molar-refractivity contribution in [3.05, 3.63) is 225 Å². The Labute approximate surface area is 364 Å². The monoisotopic (exact) mass is 836 g/mol. The molecule has 0 amide bonds. The zero-order valence-corrected chi connectivity index (χ0v) is 36.3. The van der Waals surface area contributed by atoms with Gasteiger partial charge in [-0.05, 0) is 141 Å². The Bertz CT molecular complexity index is 2350. The second kappa shape index (κ2) is 24.3. The minimum atomic E-state index is -0.923. The van der Waals surface area contributed by atoms with Crippen LogP contribution in [0.25, 0.3) is 0 Å². The molecule has 0 saturated heterocycles. The number of aryl methyl sites for hydroxylation is 6. The first-order chi connectivity index (χ1) is 29.3. The van der Waals surface area contributed by atoms with Crippen molar-refractivity contribution in [1.29, 1.82) is 0 Å². The van der Waals surface area contributed by atoms with E-state index >= 15 is 0 Å². The van der Waals surface area contributed by atoms with Crippen LogP contribution in [0.4, 0.5) is 0 Å². The van der Waals surface area contributed by atoms with E-state index in [0.717, 1.165) is 39.3 Å². The van der Waals surface area contributed by atoms with Crippen molar-refractivity contribution in [1.82, 2.24) is 0 Å². The molecule has 7 rings (SSSR count). The zero-order valence-electron chi connectivity index (χ0n) is 35.5. The van der Waals surface area contributed by atoms with Crippen molar-refractivity contribution < 1.29 is 34.0 Å². The zero-order chi connectivity index (χ0) is 44.1. The lowest BCUT2D eigenvalue weighted by Gasteiger charge is -2.09. The number of phenolic OH excluding ortho intramolecular Hbond substituents is 1. The molecule has 0 aromatic heterocycles. The standard InChI is InChI=1S/C15H13ClO2.C15H14O3.C15H16O.C8H10O/c2*1-11-9-13(15(16)17)7-8-14(11)18-10-12-5-3-2-4-6-12;1-12-8-9-15(13(2)10-12)16-11-14-6-4-3-5-7-14;1-6-3-4-8(9)7(2)5-6/h2-9H,10H2,1H3;2-9H,10H2,1H3,(H,16,17);3-10H,11H2,1-2H3;3-5,9H,1-2H3. The summed E-state index contributed by atoms with van der Waals surface area (Å²) >= 11 is 5.42. The predicted octanol–water partition coefficient (Wildman–Crippen LogP) is 13.1. The molecule has 61 heavy (non-hydrogen) atoms. The number of rotatable bonds is 11. The number of carboxylic acid groups (broad SMARTS) is 1. The Balaban J connectivity index is 0.000000184. The molecule has 314 valence electrons. The molecule has 8 heteroatoms. The fourth-order valence-corrected chi connectivity index (χ4v) is 5.97. The van der Waals surface area contributed by atoms with E-state index in [1.54, 1.807) is 42.5 Å². The van der Waals surface area contributed by atoms with Gasteiger partial charge in [0.2, 0.25) is 0 Å². The maximum Gasteiger partial charge on any atom is 0.335 e. The van der Waals surface area contributed by atoms with Crippen molar-refractivity contribution in [2.24, 2.45) is 0 Å². The minimum absolute atomic E-state index is 0.277. The number of carbonyl (C=O) groups excluding carboxylic acids is 1. The summed E-state index contributed by atoms with van der Waals surface area (Å²) in [5.74, 6) is 1.90. The summed E-state index contributed by atoms with van der Waals surface area (Å²) in [4.78, 5) is 21.8. The molecule has 0 heterocycles. The predicted molar refractivity (Wildman–Crippen MR) is 245 cm³/mol. The van der Waals surface area contributed by atoms with Crippen LogP contribution in [0.3, 0.4) is 0 Å². The molecule has 0 unspecified atom stereocenters. The Morgan fingerprint density at radius 3 is 1.13 bits per heavy atom. The van der Waals surface area contributed by atoms with Crippen LogP contribution in [0.1, 0.15) is 70.8 Å². The van der Waals surface area contributed by atoms with Gasteiger partial charge in [0.25, 0.3) is 5.24 Å². The van der Waals surface area contributed by atoms with Crippen LogP contribution in [-0.4, -0.2) is 21.4 Å². The van der Waals surface area contributed by atoms with Gasteiger partial charge in [-0.25, -0.2) is 4.79 Å². The Morgan fingerprint density at radius 2 is 0.787 bits per heavy atom. The first-order valence-corrected chi connectivity index (χ1v) is 20.1. The molecular formula is C53H53ClO7. The third kappa shape index (κ3) is 16.4. The number of aromatic hydroxyl groups is 1. The van der Waals surface area contributed by atoms with E-state index in [1.807, 2.05) is 125 Å². The van der Waals surface area contributed by atoms with E-state index in [9.17, 15) is 9.59 Å². The normalized spacial score (nSPS) is 10.0. The molecule has 2 N–H and O–H groups in total. The molecule has 0 aliphatic rings. The number of carboxylic acids is 1. The summed E-state index contributed by atoms with van der Waals surface area (Å²) in [7, 11) is 0. The summed E-state index contributed by atoms with van der Waals surface area (Å²) < 4.78 is 17.1. The van der Waals surface area contributed by atoms with Crippen molar-refractivity contribution in [3.8, 4) is 23.0 Å². The number of carbonyl (C=O) groups is 2. The summed E-state index contributed by atoms with van der Waals surface area (Å²) in [5.41, 5.74) is 10.5. The first-order valence-electron chi connectivity index (χ1n) is 19.8. The summed E-state index contributed by atoms with van der Waals surface area (Å²) in [6.07, 6.45) is 0. The third-order valence-electron chi connectivity index (χ3n) is 9.22. The number of aromatic carboxylic acids is 1. The number of ether oxygens (including phenoxy) is 3. The molecule has 0 radical (unpaired) electrons. The van der Waals surface area contributed by atoms with Crippen molar-refractivity contribution in [3.63, 3.8) is 0 Å². The Morgan fingerprint density at radius 1 is 0.443 bits per heavy atom. The van der Waals surface area contributed by atoms with Gasteiger partial charge in [-0.15, -0.1) is 0 Å². The average molecular weight is 837 g/mol. The van der Waals surface area contributed by atoms with Gasteiger partial charge in [-0.2, -0.15) is 0 Å². The van der Waals surface area contributed by atoms with Gasteiger partial charge < -0.3 is 24.4 Å². The van der Waals surface area contributed by atoms with E-state index in [2.05, 4.69) is 38.1 Å². The van der Waals surface area contributed by atoms with Crippen LogP contribution >= 0.6 is 11.6 Å².